The van der Waals surface area contributed by atoms with E-state index in [1.165, 1.54) is 0 Å². The van der Waals surface area contributed by atoms with Gasteiger partial charge in [0.15, 0.2) is 0 Å². The average molecular weight is 269 g/mol. The van der Waals surface area contributed by atoms with Gasteiger partial charge in [-0.3, -0.25) is 0 Å². The lowest BCUT2D eigenvalue weighted by Gasteiger charge is -2.29. The molecule has 20 heavy (non-hydrogen) atoms. The third kappa shape index (κ3) is 2.90. The fourth-order valence-electron chi connectivity index (χ4n) is 2.19. The topological polar surface area (TPSA) is 61.0 Å². The first-order valence-corrected chi connectivity index (χ1v) is 6.56. The van der Waals surface area contributed by atoms with Crippen molar-refractivity contribution in [1.82, 2.24) is 9.88 Å². The summed E-state index contributed by atoms with van der Waals surface area (Å²) < 4.78 is 1.80. The van der Waals surface area contributed by atoms with E-state index in [1.807, 2.05) is 56.6 Å². The van der Waals surface area contributed by atoms with Crippen LogP contribution in [0.1, 0.15) is 23.7 Å². The number of aromatic nitrogens is 1. The molecule has 2 rings (SSSR count). The zero-order valence-electron chi connectivity index (χ0n) is 11.8. The number of nitrogens with zero attached hydrogens (tertiary/aromatic N) is 2. The van der Waals surface area contributed by atoms with E-state index in [4.69, 9.17) is 5.26 Å². The first kappa shape index (κ1) is 14.3. The van der Waals surface area contributed by atoms with Gasteiger partial charge in [-0.2, -0.15) is 5.26 Å². The second kappa shape index (κ2) is 5.91. The molecule has 104 valence electrons. The standard InChI is InChI=1S/C16H19N3O/c1-16(12-20,14-6-4-3-5-7-14)18-10-13-8-15(9-17)19(2)11-13/h3-8,11,18,20H,10,12H2,1-2H3. The molecule has 0 saturated heterocycles. The highest BCUT2D eigenvalue weighted by Crippen LogP contribution is 2.20. The molecule has 0 spiro atoms. The number of benzene rings is 1. The lowest BCUT2D eigenvalue weighted by Crippen LogP contribution is -2.42. The summed E-state index contributed by atoms with van der Waals surface area (Å²) >= 11 is 0. The second-order valence-corrected chi connectivity index (χ2v) is 5.17. The van der Waals surface area contributed by atoms with Crippen LogP contribution >= 0.6 is 0 Å². The Morgan fingerprint density at radius 3 is 2.60 bits per heavy atom. The Morgan fingerprint density at radius 1 is 1.35 bits per heavy atom. The first-order chi connectivity index (χ1) is 9.59. The maximum absolute atomic E-state index is 9.70. The molecule has 0 bridgehead atoms. The Labute approximate surface area is 119 Å². The highest BCUT2D eigenvalue weighted by atomic mass is 16.3. The van der Waals surface area contributed by atoms with Crippen molar-refractivity contribution in [2.24, 2.45) is 7.05 Å². The molecule has 0 amide bonds. The summed E-state index contributed by atoms with van der Waals surface area (Å²) in [4.78, 5) is 0. The number of aliphatic hydroxyl groups is 1. The minimum absolute atomic E-state index is 0.00888. The van der Waals surface area contributed by atoms with Crippen molar-refractivity contribution in [2.75, 3.05) is 6.61 Å². The van der Waals surface area contributed by atoms with Crippen LogP contribution in [0, 0.1) is 11.3 Å². The number of rotatable bonds is 5. The molecule has 0 aliphatic heterocycles. The smallest absolute Gasteiger partial charge is 0.120 e. The maximum atomic E-state index is 9.70. The fourth-order valence-corrected chi connectivity index (χ4v) is 2.19. The summed E-state index contributed by atoms with van der Waals surface area (Å²) in [5.41, 5.74) is 2.20. The molecule has 0 aliphatic carbocycles. The molecule has 0 saturated carbocycles. The highest BCUT2D eigenvalue weighted by molar-refractivity contribution is 5.29. The Hall–Kier alpha value is -2.09. The van der Waals surface area contributed by atoms with Gasteiger partial charge in [-0.1, -0.05) is 30.3 Å². The normalized spacial score (nSPS) is 13.7. The lowest BCUT2D eigenvalue weighted by atomic mass is 9.93. The van der Waals surface area contributed by atoms with Gasteiger partial charge < -0.3 is 15.0 Å². The molecule has 0 radical (unpaired) electrons. The van der Waals surface area contributed by atoms with E-state index in [9.17, 15) is 5.11 Å². The Morgan fingerprint density at radius 2 is 2.05 bits per heavy atom. The molecule has 1 atom stereocenters. The van der Waals surface area contributed by atoms with E-state index < -0.39 is 5.54 Å². The van der Waals surface area contributed by atoms with Crippen molar-refractivity contribution in [3.05, 3.63) is 59.4 Å². The molecular weight excluding hydrogens is 250 g/mol. The van der Waals surface area contributed by atoms with E-state index in [0.717, 1.165) is 11.1 Å². The number of nitriles is 1. The lowest BCUT2D eigenvalue weighted by molar-refractivity contribution is 0.173. The van der Waals surface area contributed by atoms with E-state index in [-0.39, 0.29) is 6.61 Å². The molecule has 2 N–H and O–H groups in total. The van der Waals surface area contributed by atoms with Gasteiger partial charge in [0.2, 0.25) is 0 Å². The van der Waals surface area contributed by atoms with Gasteiger partial charge in [-0.15, -0.1) is 0 Å². The van der Waals surface area contributed by atoms with Gasteiger partial charge in [0.05, 0.1) is 12.1 Å². The number of aliphatic hydroxyl groups excluding tert-OH is 1. The van der Waals surface area contributed by atoms with Crippen LogP contribution in [0.25, 0.3) is 0 Å². The molecular formula is C16H19N3O. The minimum Gasteiger partial charge on any atom is -0.394 e. The summed E-state index contributed by atoms with van der Waals surface area (Å²) in [5, 5.41) is 22.0. The van der Waals surface area contributed by atoms with Gasteiger partial charge in [0.25, 0.3) is 0 Å². The van der Waals surface area contributed by atoms with Crippen molar-refractivity contribution < 1.29 is 5.11 Å². The predicted octanol–water partition coefficient (Wildman–Crippen LogP) is 1.89. The summed E-state index contributed by atoms with van der Waals surface area (Å²) in [6.07, 6.45) is 1.92. The molecule has 0 fully saturated rings. The monoisotopic (exact) mass is 269 g/mol. The number of aryl methyl sites for hydroxylation is 1. The Kier molecular flexibility index (Phi) is 4.23. The number of hydrogen-bond acceptors (Lipinski definition) is 3. The maximum Gasteiger partial charge on any atom is 0.120 e. The van der Waals surface area contributed by atoms with Crippen LogP contribution in [0.4, 0.5) is 0 Å². The Bertz CT molecular complexity index is 612. The van der Waals surface area contributed by atoms with Crippen LogP contribution in [0.2, 0.25) is 0 Å². The molecule has 4 nitrogen and oxygen atoms in total. The van der Waals surface area contributed by atoms with Crippen LogP contribution in [0.15, 0.2) is 42.6 Å². The fraction of sp³-hybridized carbons (Fsp3) is 0.312. The summed E-state index contributed by atoms with van der Waals surface area (Å²) in [5.74, 6) is 0. The van der Waals surface area contributed by atoms with Crippen molar-refractivity contribution >= 4 is 0 Å². The molecule has 1 unspecified atom stereocenters. The number of hydrogen-bond donors (Lipinski definition) is 2. The molecule has 1 heterocycles. The van der Waals surface area contributed by atoms with Gasteiger partial charge in [-0.05, 0) is 24.1 Å². The first-order valence-electron chi connectivity index (χ1n) is 6.56. The van der Waals surface area contributed by atoms with Crippen LogP contribution in [0.3, 0.4) is 0 Å². The molecule has 4 heteroatoms. The van der Waals surface area contributed by atoms with Crippen molar-refractivity contribution in [3.8, 4) is 6.07 Å². The quantitative estimate of drug-likeness (QED) is 0.871. The van der Waals surface area contributed by atoms with E-state index in [1.54, 1.807) is 4.57 Å². The highest BCUT2D eigenvalue weighted by Gasteiger charge is 2.24. The zero-order valence-corrected chi connectivity index (χ0v) is 11.8. The average Bonchev–Trinajstić information content (AvgIpc) is 2.86. The van der Waals surface area contributed by atoms with Gasteiger partial charge in [0.1, 0.15) is 11.8 Å². The van der Waals surface area contributed by atoms with Crippen LogP contribution in [0.5, 0.6) is 0 Å². The summed E-state index contributed by atoms with van der Waals surface area (Å²) in [6, 6.07) is 13.9. The van der Waals surface area contributed by atoms with Crippen LogP contribution < -0.4 is 5.32 Å². The molecule has 1 aromatic carbocycles. The number of nitrogens with one attached hydrogen (secondary N) is 1. The third-order valence-corrected chi connectivity index (χ3v) is 3.59. The van der Waals surface area contributed by atoms with Crippen molar-refractivity contribution in [1.29, 1.82) is 5.26 Å². The molecule has 1 aromatic heterocycles. The van der Waals surface area contributed by atoms with Crippen LogP contribution in [-0.4, -0.2) is 16.3 Å². The predicted molar refractivity (Wildman–Crippen MR) is 77.8 cm³/mol. The zero-order chi connectivity index (χ0) is 14.6. The Balaban J connectivity index is 2.13. The van der Waals surface area contributed by atoms with Crippen molar-refractivity contribution in [2.45, 2.75) is 19.0 Å². The van der Waals surface area contributed by atoms with Gasteiger partial charge in [0, 0.05) is 19.8 Å². The third-order valence-electron chi connectivity index (χ3n) is 3.59. The van der Waals surface area contributed by atoms with E-state index in [0.29, 0.717) is 12.2 Å². The minimum atomic E-state index is -0.496. The van der Waals surface area contributed by atoms with Crippen LogP contribution in [-0.2, 0) is 19.1 Å². The van der Waals surface area contributed by atoms with E-state index in [2.05, 4.69) is 11.4 Å². The van der Waals surface area contributed by atoms with Gasteiger partial charge >= 0.3 is 0 Å². The molecule has 0 aliphatic rings. The SMILES string of the molecule is Cn1cc(CNC(C)(CO)c2ccccc2)cc1C#N. The van der Waals surface area contributed by atoms with Crippen molar-refractivity contribution in [3.63, 3.8) is 0 Å². The molecule has 2 aromatic rings. The second-order valence-electron chi connectivity index (χ2n) is 5.17. The van der Waals surface area contributed by atoms with E-state index >= 15 is 0 Å². The summed E-state index contributed by atoms with van der Waals surface area (Å²) in [7, 11) is 1.85. The summed E-state index contributed by atoms with van der Waals surface area (Å²) in [6.45, 7) is 2.58. The van der Waals surface area contributed by atoms with Gasteiger partial charge in [-0.25, -0.2) is 0 Å². The largest absolute Gasteiger partial charge is 0.394 e.